The van der Waals surface area contributed by atoms with Crippen LogP contribution in [0.25, 0.3) is 6.08 Å². The van der Waals surface area contributed by atoms with Crippen LogP contribution in [0.15, 0.2) is 96.2 Å². The van der Waals surface area contributed by atoms with E-state index in [4.69, 9.17) is 4.74 Å². The number of aromatic hydroxyl groups is 1. The number of hydrogen-bond donors (Lipinski definition) is 4. The molecule has 242 valence electrons. The molecule has 0 aliphatic carbocycles. The van der Waals surface area contributed by atoms with Crippen molar-refractivity contribution >= 4 is 53.3 Å². The Balaban J connectivity index is 0.00000325. The Hall–Kier alpha value is -4.69. The first kappa shape index (κ1) is 36.2. The van der Waals surface area contributed by atoms with Crippen molar-refractivity contribution in [2.75, 3.05) is 12.4 Å². The average Bonchev–Trinajstić information content (AvgIpc) is 3.07. The number of carboxylic acid groups (broad SMARTS) is 1. The van der Waals surface area contributed by atoms with Gasteiger partial charge in [0.15, 0.2) is 5.78 Å². The maximum absolute atomic E-state index is 13.6. The van der Waals surface area contributed by atoms with Crippen LogP contribution in [0.5, 0.6) is 5.75 Å². The normalized spacial score (nSPS) is 17.4. The molecule has 1 saturated heterocycles. The van der Waals surface area contributed by atoms with Crippen LogP contribution in [0.3, 0.4) is 0 Å². The summed E-state index contributed by atoms with van der Waals surface area (Å²) in [6.07, 6.45) is 2.85. The van der Waals surface area contributed by atoms with Crippen molar-refractivity contribution in [3.8, 4) is 5.75 Å². The van der Waals surface area contributed by atoms with E-state index in [1.165, 1.54) is 49.0 Å². The number of phenolic OH excluding ortho intramolecular Hbond substituents is 1. The summed E-state index contributed by atoms with van der Waals surface area (Å²) >= 11 is 1.22. The van der Waals surface area contributed by atoms with Crippen molar-refractivity contribution in [3.63, 3.8) is 0 Å². The van der Waals surface area contributed by atoms with Crippen molar-refractivity contribution in [2.24, 2.45) is 0 Å². The van der Waals surface area contributed by atoms with E-state index >= 15 is 0 Å². The number of nitrogens with zero attached hydrogens (tertiary/aromatic N) is 1. The van der Waals surface area contributed by atoms with Crippen LogP contribution in [-0.4, -0.2) is 74.3 Å². The van der Waals surface area contributed by atoms with Crippen LogP contribution < -0.4 is 40.2 Å². The number of phenols is 1. The van der Waals surface area contributed by atoms with Gasteiger partial charge in [0.2, 0.25) is 5.91 Å². The standard InChI is InChI=1S/C34H29N3O9S.Na.H/c1-19(38)46-17-23-18-47-33-28(32(43)37(33)29(23)34(44)45)36-31(42)27(21-7-3-2-4-8-21)35-30(41)22-14-11-20(12-15-22)13-16-26(40)24-9-5-6-10-25(24)39;;/h2-16,27-28,33,39H,17-18H2,1H3,(H,35,41)(H,36,42)(H,44,45);;/q;+1;-1/t27?,28-,33-;;/m1../s1. The molecule has 0 aromatic heterocycles. The van der Waals surface area contributed by atoms with Crippen LogP contribution in [0, 0.1) is 0 Å². The summed E-state index contributed by atoms with van der Waals surface area (Å²) in [6, 6.07) is 18.7. The van der Waals surface area contributed by atoms with Gasteiger partial charge < -0.3 is 27.0 Å². The second-order valence-corrected chi connectivity index (χ2v) is 11.7. The molecule has 3 aromatic rings. The van der Waals surface area contributed by atoms with Gasteiger partial charge in [-0.25, -0.2) is 4.79 Å². The van der Waals surface area contributed by atoms with Gasteiger partial charge in [0, 0.05) is 23.8 Å². The number of carbonyl (C=O) groups is 6. The Morgan fingerprint density at radius 2 is 1.69 bits per heavy atom. The molecule has 3 aromatic carbocycles. The molecule has 0 radical (unpaired) electrons. The molecule has 12 nitrogen and oxygen atoms in total. The van der Waals surface area contributed by atoms with E-state index in [2.05, 4.69) is 10.6 Å². The summed E-state index contributed by atoms with van der Waals surface area (Å²) in [5.41, 5.74) is 1.45. The Morgan fingerprint density at radius 1 is 1.02 bits per heavy atom. The van der Waals surface area contributed by atoms with Crippen molar-refractivity contribution in [1.82, 2.24) is 15.5 Å². The summed E-state index contributed by atoms with van der Waals surface area (Å²) in [4.78, 5) is 76.8. The Labute approximate surface area is 303 Å². The molecule has 0 saturated carbocycles. The number of nitrogens with one attached hydrogen (secondary N) is 2. The molecule has 5 rings (SSSR count). The van der Waals surface area contributed by atoms with E-state index < -0.39 is 47.1 Å². The van der Waals surface area contributed by atoms with Crippen molar-refractivity contribution in [1.29, 1.82) is 0 Å². The number of ketones is 1. The number of carboxylic acids is 1. The van der Waals surface area contributed by atoms with Gasteiger partial charge in [-0.2, -0.15) is 0 Å². The second kappa shape index (κ2) is 15.9. The number of carbonyl (C=O) groups excluding carboxylic acids is 5. The van der Waals surface area contributed by atoms with Gasteiger partial charge in [-0.3, -0.25) is 28.9 Å². The van der Waals surface area contributed by atoms with E-state index in [1.807, 2.05) is 0 Å². The Morgan fingerprint density at radius 3 is 2.33 bits per heavy atom. The molecule has 14 heteroatoms. The van der Waals surface area contributed by atoms with Crippen LogP contribution >= 0.6 is 11.8 Å². The number of allylic oxidation sites excluding steroid dienone is 1. The first-order chi connectivity index (χ1) is 22.5. The monoisotopic (exact) mass is 679 g/mol. The molecular formula is C34H30N3NaO9S. The molecular weight excluding hydrogens is 649 g/mol. The summed E-state index contributed by atoms with van der Waals surface area (Å²) in [5, 5.41) is 24.4. The van der Waals surface area contributed by atoms with Gasteiger partial charge in [0.1, 0.15) is 35.5 Å². The van der Waals surface area contributed by atoms with Crippen LogP contribution in [0.1, 0.15) is 46.2 Å². The molecule has 1 unspecified atom stereocenters. The van der Waals surface area contributed by atoms with Gasteiger partial charge >= 0.3 is 41.5 Å². The minimum atomic E-state index is -1.35. The molecule has 3 amide bonds. The number of fused-ring (bicyclic) bond motifs is 1. The second-order valence-electron chi connectivity index (χ2n) is 10.6. The van der Waals surface area contributed by atoms with Gasteiger partial charge in [0.25, 0.3) is 11.8 Å². The van der Waals surface area contributed by atoms with E-state index in [-0.39, 0.29) is 77.3 Å². The summed E-state index contributed by atoms with van der Waals surface area (Å²) in [7, 11) is 0. The first-order valence-corrected chi connectivity index (χ1v) is 15.4. The van der Waals surface area contributed by atoms with Crippen LogP contribution in [0.2, 0.25) is 0 Å². The van der Waals surface area contributed by atoms with Crippen LogP contribution in [0.4, 0.5) is 0 Å². The Kier molecular flexibility index (Phi) is 12.0. The Bertz CT molecular complexity index is 1820. The van der Waals surface area contributed by atoms with E-state index in [0.29, 0.717) is 11.1 Å². The summed E-state index contributed by atoms with van der Waals surface area (Å²) in [6.45, 7) is 0.923. The number of β-lactam (4-membered cyclic amide) rings is 1. The van der Waals surface area contributed by atoms with Crippen molar-refractivity contribution < 1.29 is 74.7 Å². The molecule has 2 aliphatic rings. The maximum Gasteiger partial charge on any atom is 1.00 e. The zero-order chi connectivity index (χ0) is 33.7. The topological polar surface area (TPSA) is 179 Å². The number of amides is 3. The fourth-order valence-corrected chi connectivity index (χ4v) is 6.40. The van der Waals surface area contributed by atoms with E-state index in [0.717, 1.165) is 4.90 Å². The minimum absolute atomic E-state index is 0. The molecule has 1 fully saturated rings. The number of esters is 1. The third-order valence-corrected chi connectivity index (χ3v) is 8.78. The molecule has 0 bridgehead atoms. The molecule has 2 heterocycles. The van der Waals surface area contributed by atoms with Crippen molar-refractivity contribution in [3.05, 3.63) is 118 Å². The zero-order valence-corrected chi connectivity index (χ0v) is 28.7. The number of rotatable bonds is 11. The number of hydrogen-bond acceptors (Lipinski definition) is 9. The molecule has 0 spiro atoms. The minimum Gasteiger partial charge on any atom is -1.00 e. The molecule has 3 atom stereocenters. The number of ether oxygens (including phenoxy) is 1. The molecule has 48 heavy (non-hydrogen) atoms. The van der Waals surface area contributed by atoms with E-state index in [9.17, 15) is 39.0 Å². The fourth-order valence-electron chi connectivity index (χ4n) is 5.07. The first-order valence-electron chi connectivity index (χ1n) is 14.3. The van der Waals surface area contributed by atoms with Crippen LogP contribution in [-0.2, 0) is 23.9 Å². The number of aliphatic carboxylic acids is 1. The van der Waals surface area contributed by atoms with Gasteiger partial charge in [-0.05, 0) is 41.5 Å². The summed E-state index contributed by atoms with van der Waals surface area (Å²) < 4.78 is 4.95. The SMILES string of the molecule is CC(=O)OCC1=C(C(=O)O)N2C(=O)[C@@H](NC(=O)C(NC(=O)c3ccc(C=CC(=O)c4ccccc4O)cc3)c3ccccc3)[C@H]2SC1.[H-].[Na+]. The number of para-hydroxylation sites is 1. The maximum atomic E-state index is 13.6. The largest absolute Gasteiger partial charge is 1.00 e. The molecule has 4 N–H and O–H groups in total. The third-order valence-electron chi connectivity index (χ3n) is 7.44. The van der Waals surface area contributed by atoms with Gasteiger partial charge in [-0.15, -0.1) is 11.8 Å². The van der Waals surface area contributed by atoms with Gasteiger partial charge in [-0.1, -0.05) is 60.7 Å². The smallest absolute Gasteiger partial charge is 1.00 e. The van der Waals surface area contributed by atoms with Crippen molar-refractivity contribution in [2.45, 2.75) is 24.4 Å². The average molecular weight is 680 g/mol. The van der Waals surface area contributed by atoms with E-state index in [1.54, 1.807) is 60.7 Å². The number of thioether (sulfide) groups is 1. The zero-order valence-electron chi connectivity index (χ0n) is 26.9. The molecule has 2 aliphatic heterocycles. The quantitative estimate of drug-likeness (QED) is 0.0718. The third kappa shape index (κ3) is 8.05. The fraction of sp³-hybridized carbons (Fsp3) is 0.176. The summed E-state index contributed by atoms with van der Waals surface area (Å²) in [5.74, 6) is -4.18. The predicted molar refractivity (Wildman–Crippen MR) is 172 cm³/mol. The predicted octanol–water partition coefficient (Wildman–Crippen LogP) is 0.178. The number of benzene rings is 3. The van der Waals surface area contributed by atoms with Gasteiger partial charge in [0.05, 0.1) is 5.56 Å².